The molecule has 0 aromatic heterocycles. The van der Waals surface area contributed by atoms with Gasteiger partial charge in [0.2, 0.25) is 0 Å². The first-order valence-corrected chi connectivity index (χ1v) is 22.5. The SMILES string of the molecule is CCCCCCCCCCCC(=O)O[C@@H](CCC)CCCCCCC.CCCCCCCCCCCC(=O)O[C@@H](CCO)CCCCCCC. The maximum atomic E-state index is 12.0. The fourth-order valence-electron chi connectivity index (χ4n) is 6.59. The zero-order valence-corrected chi connectivity index (χ0v) is 34.7. The van der Waals surface area contributed by atoms with E-state index in [0.717, 1.165) is 51.4 Å². The third-order valence-corrected chi connectivity index (χ3v) is 9.89. The summed E-state index contributed by atoms with van der Waals surface area (Å²) in [5, 5.41) is 9.15. The van der Waals surface area contributed by atoms with E-state index in [2.05, 4.69) is 34.6 Å². The fourth-order valence-corrected chi connectivity index (χ4v) is 6.59. The summed E-state index contributed by atoms with van der Waals surface area (Å²) in [6, 6.07) is 0. The highest BCUT2D eigenvalue weighted by atomic mass is 16.5. The molecule has 0 heterocycles. The van der Waals surface area contributed by atoms with Crippen LogP contribution in [0.1, 0.15) is 259 Å². The number of aliphatic hydroxyl groups excluding tert-OH is 1. The maximum absolute atomic E-state index is 12.0. The van der Waals surface area contributed by atoms with Gasteiger partial charge in [-0.15, -0.1) is 0 Å². The van der Waals surface area contributed by atoms with Crippen molar-refractivity contribution >= 4 is 11.9 Å². The average Bonchev–Trinajstić information content (AvgIpc) is 3.10. The van der Waals surface area contributed by atoms with Gasteiger partial charge in [0, 0.05) is 25.9 Å². The van der Waals surface area contributed by atoms with Crippen molar-refractivity contribution in [1.82, 2.24) is 0 Å². The number of carbonyl (C=O) groups excluding carboxylic acids is 2. The molecule has 0 aliphatic rings. The van der Waals surface area contributed by atoms with Gasteiger partial charge in [0.15, 0.2) is 0 Å². The molecular formula is C45H90O5. The van der Waals surface area contributed by atoms with E-state index in [1.165, 1.54) is 154 Å². The van der Waals surface area contributed by atoms with Crippen molar-refractivity contribution in [2.75, 3.05) is 6.61 Å². The van der Waals surface area contributed by atoms with Crippen molar-refractivity contribution < 1.29 is 24.2 Å². The molecule has 0 fully saturated rings. The summed E-state index contributed by atoms with van der Waals surface area (Å²) in [6.07, 6.45) is 41.3. The Kier molecular flexibility index (Phi) is 44.9. The molecule has 0 spiro atoms. The molecule has 0 saturated carbocycles. The Balaban J connectivity index is 0. The number of rotatable bonds is 38. The Labute approximate surface area is 313 Å². The minimum Gasteiger partial charge on any atom is -0.462 e. The first-order valence-electron chi connectivity index (χ1n) is 22.5. The second kappa shape index (κ2) is 44.1. The molecule has 5 heteroatoms. The van der Waals surface area contributed by atoms with Gasteiger partial charge in [-0.05, 0) is 44.9 Å². The smallest absolute Gasteiger partial charge is 0.306 e. The summed E-state index contributed by atoms with van der Waals surface area (Å²) in [6.45, 7) is 11.2. The van der Waals surface area contributed by atoms with Gasteiger partial charge in [-0.2, -0.15) is 0 Å². The number of aliphatic hydroxyl groups is 1. The number of unbranched alkanes of at least 4 members (excludes halogenated alkanes) is 24. The van der Waals surface area contributed by atoms with Crippen molar-refractivity contribution in [1.29, 1.82) is 0 Å². The van der Waals surface area contributed by atoms with E-state index in [4.69, 9.17) is 14.6 Å². The normalized spacial score (nSPS) is 12.3. The lowest BCUT2D eigenvalue weighted by Gasteiger charge is -2.17. The lowest BCUT2D eigenvalue weighted by atomic mass is 10.0. The molecule has 5 nitrogen and oxygen atoms in total. The highest BCUT2D eigenvalue weighted by Crippen LogP contribution is 2.17. The van der Waals surface area contributed by atoms with Gasteiger partial charge < -0.3 is 14.6 Å². The third-order valence-electron chi connectivity index (χ3n) is 9.89. The minimum absolute atomic E-state index is 0.0370. The van der Waals surface area contributed by atoms with Crippen LogP contribution >= 0.6 is 0 Å². The van der Waals surface area contributed by atoms with Gasteiger partial charge >= 0.3 is 11.9 Å². The van der Waals surface area contributed by atoms with Crippen LogP contribution in [-0.2, 0) is 19.1 Å². The summed E-state index contributed by atoms with van der Waals surface area (Å²) in [4.78, 5) is 24.0. The third kappa shape index (κ3) is 41.3. The summed E-state index contributed by atoms with van der Waals surface area (Å²) in [5.41, 5.74) is 0. The summed E-state index contributed by atoms with van der Waals surface area (Å²) < 4.78 is 11.3. The number of carbonyl (C=O) groups is 2. The van der Waals surface area contributed by atoms with Crippen LogP contribution in [0.5, 0.6) is 0 Å². The number of hydrogen-bond acceptors (Lipinski definition) is 5. The number of esters is 2. The van der Waals surface area contributed by atoms with Crippen LogP contribution in [0, 0.1) is 0 Å². The Morgan fingerprint density at radius 1 is 0.360 bits per heavy atom. The van der Waals surface area contributed by atoms with E-state index in [0.29, 0.717) is 19.3 Å². The van der Waals surface area contributed by atoms with Gasteiger partial charge in [0.25, 0.3) is 0 Å². The lowest BCUT2D eigenvalue weighted by molar-refractivity contribution is -0.151. The van der Waals surface area contributed by atoms with Gasteiger partial charge in [0.05, 0.1) is 0 Å². The van der Waals surface area contributed by atoms with E-state index in [1.807, 2.05) is 0 Å². The van der Waals surface area contributed by atoms with Crippen molar-refractivity contribution in [3.63, 3.8) is 0 Å². The van der Waals surface area contributed by atoms with Crippen LogP contribution in [-0.4, -0.2) is 35.9 Å². The molecule has 0 bridgehead atoms. The molecule has 0 saturated heterocycles. The fraction of sp³-hybridized carbons (Fsp3) is 0.956. The van der Waals surface area contributed by atoms with E-state index >= 15 is 0 Å². The Bertz CT molecular complexity index is 610. The van der Waals surface area contributed by atoms with Gasteiger partial charge in [0.1, 0.15) is 12.2 Å². The van der Waals surface area contributed by atoms with Crippen molar-refractivity contribution in [3.05, 3.63) is 0 Å². The Morgan fingerprint density at radius 2 is 0.640 bits per heavy atom. The van der Waals surface area contributed by atoms with Crippen LogP contribution in [0.2, 0.25) is 0 Å². The summed E-state index contributed by atoms with van der Waals surface area (Å²) >= 11 is 0. The van der Waals surface area contributed by atoms with Gasteiger partial charge in [-0.3, -0.25) is 9.59 Å². The molecule has 0 aliphatic heterocycles. The predicted octanol–water partition coefficient (Wildman–Crippen LogP) is 14.5. The van der Waals surface area contributed by atoms with E-state index in [-0.39, 0.29) is 30.8 Å². The van der Waals surface area contributed by atoms with Gasteiger partial charge in [-0.25, -0.2) is 0 Å². The van der Waals surface area contributed by atoms with Crippen LogP contribution in [0.25, 0.3) is 0 Å². The van der Waals surface area contributed by atoms with Crippen LogP contribution < -0.4 is 0 Å². The van der Waals surface area contributed by atoms with Crippen molar-refractivity contribution in [2.24, 2.45) is 0 Å². The number of hydrogen-bond donors (Lipinski definition) is 1. The lowest BCUT2D eigenvalue weighted by Crippen LogP contribution is -2.19. The Morgan fingerprint density at radius 3 is 0.940 bits per heavy atom. The highest BCUT2D eigenvalue weighted by molar-refractivity contribution is 5.69. The average molecular weight is 711 g/mol. The molecule has 50 heavy (non-hydrogen) atoms. The quantitative estimate of drug-likeness (QED) is 0.0510. The first kappa shape index (κ1) is 51.0. The number of ether oxygens (including phenoxy) is 2. The predicted molar refractivity (Wildman–Crippen MR) is 217 cm³/mol. The molecule has 0 aromatic carbocycles. The molecule has 0 aliphatic carbocycles. The summed E-state index contributed by atoms with van der Waals surface area (Å²) in [5.74, 6) is -0.0371. The zero-order valence-electron chi connectivity index (χ0n) is 34.7. The maximum Gasteiger partial charge on any atom is 0.306 e. The van der Waals surface area contributed by atoms with Gasteiger partial charge in [-0.1, -0.05) is 195 Å². The molecule has 300 valence electrons. The molecule has 0 aromatic rings. The van der Waals surface area contributed by atoms with Crippen molar-refractivity contribution in [2.45, 2.75) is 272 Å². The standard InChI is InChI=1S/C23H46O2.C22H44O3/c1-4-7-9-11-12-13-14-16-18-21-23(24)25-22(19-6-3)20-17-15-10-8-5-2;1-3-5-7-9-10-11-12-14-16-18-22(24)25-21(19-20-23)17-15-13-8-6-4-2/h22H,4-21H2,1-3H3;21,23H,3-20H2,1-2H3/t22-;21-/m01/s1. The topological polar surface area (TPSA) is 72.8 Å². The van der Waals surface area contributed by atoms with E-state index in [9.17, 15) is 9.59 Å². The molecule has 2 atom stereocenters. The van der Waals surface area contributed by atoms with Crippen molar-refractivity contribution in [3.8, 4) is 0 Å². The first-order chi connectivity index (χ1) is 24.5. The van der Waals surface area contributed by atoms with E-state index < -0.39 is 0 Å². The minimum atomic E-state index is -0.0855. The van der Waals surface area contributed by atoms with E-state index in [1.54, 1.807) is 0 Å². The second-order valence-electron chi connectivity index (χ2n) is 15.1. The van der Waals surface area contributed by atoms with Crippen LogP contribution in [0.3, 0.4) is 0 Å². The Hall–Kier alpha value is -1.10. The molecule has 0 unspecified atom stereocenters. The molecule has 0 amide bonds. The second-order valence-corrected chi connectivity index (χ2v) is 15.1. The zero-order chi connectivity index (χ0) is 37.2. The monoisotopic (exact) mass is 711 g/mol. The van der Waals surface area contributed by atoms with Crippen LogP contribution in [0.4, 0.5) is 0 Å². The molecule has 1 N–H and O–H groups in total. The molecule has 0 radical (unpaired) electrons. The molecular weight excluding hydrogens is 620 g/mol. The van der Waals surface area contributed by atoms with Crippen LogP contribution in [0.15, 0.2) is 0 Å². The highest BCUT2D eigenvalue weighted by Gasteiger charge is 2.14. The molecule has 0 rings (SSSR count). The summed E-state index contributed by atoms with van der Waals surface area (Å²) in [7, 11) is 0. The largest absolute Gasteiger partial charge is 0.462 e.